The summed E-state index contributed by atoms with van der Waals surface area (Å²) in [6.07, 6.45) is 2.80. The number of nitrogens with zero attached hydrogens (tertiary/aromatic N) is 4. The molecule has 1 aliphatic heterocycles. The number of benzene rings is 1. The third-order valence-corrected chi connectivity index (χ3v) is 6.51. The maximum Gasteiger partial charge on any atom is 0.273 e. The fourth-order valence-corrected chi connectivity index (χ4v) is 4.75. The summed E-state index contributed by atoms with van der Waals surface area (Å²) >= 11 is 7.19. The molecule has 2 N–H and O–H groups in total. The molecule has 2 amide bonds. The molecule has 0 unspecified atom stereocenters. The molecule has 1 aliphatic rings. The monoisotopic (exact) mass is 460 g/mol. The van der Waals surface area contributed by atoms with E-state index in [9.17, 15) is 14.4 Å². The first-order valence-corrected chi connectivity index (χ1v) is 11.0. The predicted octanol–water partition coefficient (Wildman–Crippen LogP) is 2.11. The van der Waals surface area contributed by atoms with Crippen LogP contribution in [0.25, 0.3) is 10.3 Å². The van der Waals surface area contributed by atoms with Gasteiger partial charge in [-0.15, -0.1) is 0 Å². The first-order valence-electron chi connectivity index (χ1n) is 9.82. The summed E-state index contributed by atoms with van der Waals surface area (Å²) in [6.45, 7) is 1.21. The molecule has 4 rings (SSSR count). The molecular weight excluding hydrogens is 440 g/mol. The molecular formula is C20H21ClN6O3S. The molecule has 0 radical (unpaired) electrons. The molecule has 0 saturated carbocycles. The number of fused-ring (bicyclic) bond motifs is 1. The van der Waals surface area contributed by atoms with Gasteiger partial charge in [0.25, 0.3) is 5.56 Å². The van der Waals surface area contributed by atoms with Gasteiger partial charge in [-0.05, 0) is 31.0 Å². The molecule has 1 saturated heterocycles. The maximum atomic E-state index is 12.9. The van der Waals surface area contributed by atoms with Gasteiger partial charge < -0.3 is 15.5 Å². The highest BCUT2D eigenvalue weighted by Gasteiger charge is 2.26. The minimum atomic E-state index is -0.355. The number of halogens is 1. The molecule has 162 valence electrons. The minimum absolute atomic E-state index is 0.00369. The Morgan fingerprint density at radius 2 is 2.06 bits per heavy atom. The van der Waals surface area contributed by atoms with Crippen molar-refractivity contribution in [2.45, 2.75) is 19.4 Å². The number of nitrogens with one attached hydrogen (secondary N) is 2. The van der Waals surface area contributed by atoms with Crippen LogP contribution in [0.15, 0.2) is 35.4 Å². The van der Waals surface area contributed by atoms with Gasteiger partial charge in [-0.25, -0.2) is 4.98 Å². The Bertz CT molecular complexity index is 1190. The summed E-state index contributed by atoms with van der Waals surface area (Å²) < 4.78 is 1.67. The highest BCUT2D eigenvalue weighted by atomic mass is 35.5. The van der Waals surface area contributed by atoms with Crippen LogP contribution in [-0.4, -0.2) is 46.5 Å². The van der Waals surface area contributed by atoms with E-state index in [4.69, 9.17) is 11.6 Å². The first-order chi connectivity index (χ1) is 14.9. The second-order valence-electron chi connectivity index (χ2n) is 7.26. The van der Waals surface area contributed by atoms with Crippen molar-refractivity contribution in [3.63, 3.8) is 0 Å². The van der Waals surface area contributed by atoms with Gasteiger partial charge in [0.15, 0.2) is 10.8 Å². The largest absolute Gasteiger partial charge is 0.359 e. The van der Waals surface area contributed by atoms with E-state index in [2.05, 4.69) is 25.5 Å². The molecule has 0 spiro atoms. The third kappa shape index (κ3) is 4.70. The summed E-state index contributed by atoms with van der Waals surface area (Å²) in [6, 6.07) is 6.79. The maximum absolute atomic E-state index is 12.9. The Balaban J connectivity index is 1.47. The van der Waals surface area contributed by atoms with Gasteiger partial charge in [0, 0.05) is 36.8 Å². The number of rotatable bonds is 5. The fourth-order valence-electron chi connectivity index (χ4n) is 3.54. The average Bonchev–Trinajstić information content (AvgIpc) is 3.20. The number of amides is 2. The molecule has 1 aromatic carbocycles. The van der Waals surface area contributed by atoms with Crippen molar-refractivity contribution in [2.24, 2.45) is 5.92 Å². The molecule has 3 heterocycles. The number of thiazole rings is 1. The Morgan fingerprint density at radius 3 is 2.77 bits per heavy atom. The highest BCUT2D eigenvalue weighted by Crippen LogP contribution is 2.29. The lowest BCUT2D eigenvalue weighted by atomic mass is 9.96. The normalized spacial score (nSPS) is 14.6. The average molecular weight is 461 g/mol. The van der Waals surface area contributed by atoms with E-state index in [0.29, 0.717) is 39.3 Å². The van der Waals surface area contributed by atoms with Gasteiger partial charge in [0.1, 0.15) is 17.6 Å². The molecule has 0 atom stereocenters. The standard InChI is InChI=1S/C20H21ClN6O3S/c1-22-18(29)12-5-7-26(8-6-12)20-25-17-16(31-20)19(30)27(11-23-17)10-15(28)24-14-4-2-3-13(21)9-14/h2-4,9,11-12H,5-8,10H2,1H3,(H,22,29)(H,24,28). The van der Waals surface area contributed by atoms with Crippen LogP contribution in [0.2, 0.25) is 5.02 Å². The van der Waals surface area contributed by atoms with Crippen molar-refractivity contribution in [1.82, 2.24) is 19.9 Å². The van der Waals surface area contributed by atoms with E-state index in [-0.39, 0.29) is 29.8 Å². The topological polar surface area (TPSA) is 109 Å². The second-order valence-corrected chi connectivity index (χ2v) is 8.67. The van der Waals surface area contributed by atoms with Gasteiger partial charge in [-0.2, -0.15) is 4.98 Å². The zero-order valence-electron chi connectivity index (χ0n) is 16.8. The Morgan fingerprint density at radius 1 is 1.29 bits per heavy atom. The summed E-state index contributed by atoms with van der Waals surface area (Å²) in [7, 11) is 1.65. The lowest BCUT2D eigenvalue weighted by molar-refractivity contribution is -0.125. The quantitative estimate of drug-likeness (QED) is 0.603. The predicted molar refractivity (Wildman–Crippen MR) is 121 cm³/mol. The molecule has 2 aromatic heterocycles. The van der Waals surface area contributed by atoms with Crippen LogP contribution < -0.4 is 21.1 Å². The van der Waals surface area contributed by atoms with Crippen LogP contribution in [0.3, 0.4) is 0 Å². The van der Waals surface area contributed by atoms with Crippen molar-refractivity contribution < 1.29 is 9.59 Å². The van der Waals surface area contributed by atoms with E-state index in [1.54, 1.807) is 31.3 Å². The van der Waals surface area contributed by atoms with Crippen LogP contribution in [0, 0.1) is 5.92 Å². The fraction of sp³-hybridized carbons (Fsp3) is 0.350. The van der Waals surface area contributed by atoms with Crippen molar-refractivity contribution in [3.8, 4) is 0 Å². The lowest BCUT2D eigenvalue weighted by Crippen LogP contribution is -2.39. The van der Waals surface area contributed by atoms with Crippen molar-refractivity contribution in [1.29, 1.82) is 0 Å². The van der Waals surface area contributed by atoms with Crippen molar-refractivity contribution in [2.75, 3.05) is 30.4 Å². The molecule has 11 heteroatoms. The van der Waals surface area contributed by atoms with E-state index in [1.165, 1.54) is 22.2 Å². The van der Waals surface area contributed by atoms with Crippen molar-refractivity contribution in [3.05, 3.63) is 46.0 Å². The molecule has 3 aromatic rings. The number of carbonyl (C=O) groups is 2. The van der Waals surface area contributed by atoms with Crippen LogP contribution in [-0.2, 0) is 16.1 Å². The van der Waals surface area contributed by atoms with Crippen LogP contribution in [0.1, 0.15) is 12.8 Å². The minimum Gasteiger partial charge on any atom is -0.359 e. The van der Waals surface area contributed by atoms with Gasteiger partial charge >= 0.3 is 0 Å². The Kier molecular flexibility index (Phi) is 6.19. The van der Waals surface area contributed by atoms with Crippen LogP contribution >= 0.6 is 22.9 Å². The Hall–Kier alpha value is -2.98. The number of aromatic nitrogens is 3. The zero-order valence-corrected chi connectivity index (χ0v) is 18.4. The summed E-state index contributed by atoms with van der Waals surface area (Å²) in [4.78, 5) is 47.9. The van der Waals surface area contributed by atoms with E-state index in [0.717, 1.165) is 12.8 Å². The highest BCUT2D eigenvalue weighted by molar-refractivity contribution is 7.22. The smallest absolute Gasteiger partial charge is 0.273 e. The van der Waals surface area contributed by atoms with Gasteiger partial charge in [-0.1, -0.05) is 29.0 Å². The van der Waals surface area contributed by atoms with Crippen molar-refractivity contribution >= 4 is 55.9 Å². The number of piperidine rings is 1. The summed E-state index contributed by atoms with van der Waals surface area (Å²) in [5, 5.41) is 6.63. The molecule has 1 fully saturated rings. The SMILES string of the molecule is CNC(=O)C1CCN(c2nc3ncn(CC(=O)Nc4cccc(Cl)c4)c(=O)c3s2)CC1. The lowest BCUT2D eigenvalue weighted by Gasteiger charge is -2.30. The van der Waals surface area contributed by atoms with E-state index >= 15 is 0 Å². The zero-order chi connectivity index (χ0) is 22.0. The molecule has 31 heavy (non-hydrogen) atoms. The van der Waals surface area contributed by atoms with Crippen LogP contribution in [0.4, 0.5) is 10.8 Å². The van der Waals surface area contributed by atoms with Gasteiger partial charge in [0.2, 0.25) is 11.8 Å². The third-order valence-electron chi connectivity index (χ3n) is 5.18. The molecule has 0 aliphatic carbocycles. The Labute approximate surface area is 187 Å². The molecule has 9 nitrogen and oxygen atoms in total. The molecule has 0 bridgehead atoms. The number of anilines is 2. The van der Waals surface area contributed by atoms with Gasteiger partial charge in [0.05, 0.1) is 0 Å². The van der Waals surface area contributed by atoms with Gasteiger partial charge in [-0.3, -0.25) is 19.0 Å². The number of carbonyl (C=O) groups excluding carboxylic acids is 2. The summed E-state index contributed by atoms with van der Waals surface area (Å²) in [5.74, 6) is -0.292. The first kappa shape index (κ1) is 21.3. The van der Waals surface area contributed by atoms with E-state index in [1.807, 2.05) is 0 Å². The van der Waals surface area contributed by atoms with E-state index < -0.39 is 0 Å². The summed E-state index contributed by atoms with van der Waals surface area (Å²) in [5.41, 5.74) is 0.611. The number of hydrogen-bond acceptors (Lipinski definition) is 7. The second kappa shape index (κ2) is 9.03. The van der Waals surface area contributed by atoms with Crippen LogP contribution in [0.5, 0.6) is 0 Å². The number of hydrogen-bond donors (Lipinski definition) is 2.